The minimum absolute atomic E-state index is 0.887. The van der Waals surface area contributed by atoms with Crippen LogP contribution in [0.2, 0.25) is 0 Å². The summed E-state index contributed by atoms with van der Waals surface area (Å²) in [7, 11) is 0. The molecule has 0 spiro atoms. The summed E-state index contributed by atoms with van der Waals surface area (Å²) >= 11 is 2.02. The monoisotopic (exact) mass is 370 g/mol. The quantitative estimate of drug-likeness (QED) is 0.584. The molecule has 0 aromatic heterocycles. The molecule has 0 saturated carbocycles. The first-order valence-electron chi connectivity index (χ1n) is 9.63. The lowest BCUT2D eigenvalue weighted by Gasteiger charge is -2.29. The fourth-order valence-corrected chi connectivity index (χ4v) is 4.18. The minimum Gasteiger partial charge on any atom is -0.379 e. The van der Waals surface area contributed by atoms with E-state index in [2.05, 4.69) is 70.5 Å². The summed E-state index contributed by atoms with van der Waals surface area (Å²) in [6, 6.07) is 21.6. The van der Waals surface area contributed by atoms with Crippen molar-refractivity contribution in [3.8, 4) is 0 Å². The lowest BCUT2D eigenvalue weighted by molar-refractivity contribution is 0.0376. The first kappa shape index (κ1) is 19.3. The smallest absolute Gasteiger partial charge is 0.0594 e. The summed E-state index contributed by atoms with van der Waals surface area (Å²) < 4.78 is 5.44. The number of anilines is 1. The second-order valence-electron chi connectivity index (χ2n) is 6.67. The molecule has 3 rings (SSSR count). The topological polar surface area (TPSA) is 15.7 Å². The number of rotatable bonds is 10. The van der Waals surface area contributed by atoms with E-state index in [0.29, 0.717) is 0 Å². The van der Waals surface area contributed by atoms with E-state index in [0.717, 1.165) is 50.9 Å². The number of morpholine rings is 1. The molecule has 4 heteroatoms. The average Bonchev–Trinajstić information content (AvgIpc) is 2.72. The zero-order valence-electron chi connectivity index (χ0n) is 15.6. The molecule has 1 fully saturated rings. The molecule has 1 aliphatic rings. The van der Waals surface area contributed by atoms with Crippen molar-refractivity contribution in [3.63, 3.8) is 0 Å². The van der Waals surface area contributed by atoms with Crippen LogP contribution >= 0.6 is 11.8 Å². The SMILES string of the molecule is c1ccc(CSCCN(CCCN2CCOCC2)c2ccccc2)cc1. The average molecular weight is 371 g/mol. The van der Waals surface area contributed by atoms with Gasteiger partial charge in [-0.3, -0.25) is 4.90 Å². The molecule has 0 N–H and O–H groups in total. The fraction of sp³-hybridized carbons (Fsp3) is 0.455. The second kappa shape index (κ2) is 11.3. The Balaban J connectivity index is 1.44. The van der Waals surface area contributed by atoms with Crippen molar-refractivity contribution >= 4 is 17.4 Å². The number of thioether (sulfide) groups is 1. The molecule has 0 radical (unpaired) electrons. The minimum atomic E-state index is 0.887. The van der Waals surface area contributed by atoms with Gasteiger partial charge in [-0.15, -0.1) is 0 Å². The van der Waals surface area contributed by atoms with Crippen LogP contribution in [0.15, 0.2) is 60.7 Å². The number of para-hydroxylation sites is 1. The Morgan fingerprint density at radius 1 is 0.885 bits per heavy atom. The maximum Gasteiger partial charge on any atom is 0.0594 e. The van der Waals surface area contributed by atoms with Crippen molar-refractivity contribution in [2.75, 3.05) is 56.6 Å². The van der Waals surface area contributed by atoms with Crippen LogP contribution in [-0.2, 0) is 10.5 Å². The highest BCUT2D eigenvalue weighted by atomic mass is 32.2. The van der Waals surface area contributed by atoms with Gasteiger partial charge in [0.1, 0.15) is 0 Å². The predicted molar refractivity (Wildman–Crippen MR) is 113 cm³/mol. The third kappa shape index (κ3) is 6.67. The van der Waals surface area contributed by atoms with Gasteiger partial charge in [0.15, 0.2) is 0 Å². The van der Waals surface area contributed by atoms with Gasteiger partial charge in [0, 0.05) is 49.9 Å². The summed E-state index contributed by atoms with van der Waals surface area (Å²) in [5.74, 6) is 2.25. The maximum absolute atomic E-state index is 5.44. The van der Waals surface area contributed by atoms with Crippen LogP contribution in [0.5, 0.6) is 0 Å². The van der Waals surface area contributed by atoms with E-state index in [1.807, 2.05) is 11.8 Å². The summed E-state index contributed by atoms with van der Waals surface area (Å²) in [5, 5.41) is 0. The molecule has 0 amide bonds. The Labute approximate surface area is 162 Å². The number of nitrogens with zero attached hydrogens (tertiary/aromatic N) is 2. The summed E-state index contributed by atoms with van der Waals surface area (Å²) in [5.41, 5.74) is 2.76. The van der Waals surface area contributed by atoms with Crippen LogP contribution in [-0.4, -0.2) is 56.6 Å². The lowest BCUT2D eigenvalue weighted by atomic mass is 10.2. The van der Waals surface area contributed by atoms with Crippen LogP contribution in [0.1, 0.15) is 12.0 Å². The molecule has 1 heterocycles. The lowest BCUT2D eigenvalue weighted by Crippen LogP contribution is -2.38. The zero-order valence-corrected chi connectivity index (χ0v) is 16.4. The van der Waals surface area contributed by atoms with Crippen LogP contribution in [0, 0.1) is 0 Å². The normalized spacial score (nSPS) is 15.1. The van der Waals surface area contributed by atoms with Crippen LogP contribution in [0.3, 0.4) is 0 Å². The molecule has 1 saturated heterocycles. The first-order valence-corrected chi connectivity index (χ1v) is 10.8. The summed E-state index contributed by atoms with van der Waals surface area (Å²) in [6.07, 6.45) is 1.21. The molecule has 0 unspecified atom stereocenters. The molecule has 140 valence electrons. The number of hydrogen-bond donors (Lipinski definition) is 0. The molecule has 26 heavy (non-hydrogen) atoms. The van der Waals surface area contributed by atoms with Gasteiger partial charge in [0.05, 0.1) is 13.2 Å². The molecule has 3 nitrogen and oxygen atoms in total. The highest BCUT2D eigenvalue weighted by Crippen LogP contribution is 2.17. The second-order valence-corrected chi connectivity index (χ2v) is 7.77. The van der Waals surface area contributed by atoms with E-state index >= 15 is 0 Å². The van der Waals surface area contributed by atoms with Crippen molar-refractivity contribution < 1.29 is 4.74 Å². The van der Waals surface area contributed by atoms with Crippen LogP contribution in [0.25, 0.3) is 0 Å². The predicted octanol–water partition coefficient (Wildman–Crippen LogP) is 4.15. The molecule has 0 aliphatic carbocycles. The Bertz CT molecular complexity index is 602. The molecular formula is C22H30N2OS. The third-order valence-electron chi connectivity index (χ3n) is 4.74. The molecule has 2 aromatic rings. The molecule has 2 aromatic carbocycles. The van der Waals surface area contributed by atoms with Gasteiger partial charge in [-0.05, 0) is 24.1 Å². The maximum atomic E-state index is 5.44. The van der Waals surface area contributed by atoms with Crippen molar-refractivity contribution in [2.24, 2.45) is 0 Å². The fourth-order valence-electron chi connectivity index (χ4n) is 3.26. The van der Waals surface area contributed by atoms with Gasteiger partial charge < -0.3 is 9.64 Å². The molecular weight excluding hydrogens is 340 g/mol. The van der Waals surface area contributed by atoms with Crippen molar-refractivity contribution in [1.29, 1.82) is 0 Å². The van der Waals surface area contributed by atoms with Gasteiger partial charge >= 0.3 is 0 Å². The van der Waals surface area contributed by atoms with E-state index in [-0.39, 0.29) is 0 Å². The third-order valence-corrected chi connectivity index (χ3v) is 5.75. The van der Waals surface area contributed by atoms with Crippen molar-refractivity contribution in [1.82, 2.24) is 4.90 Å². The standard InChI is InChI=1S/C22H30N2OS/c1-3-8-21(9-4-1)20-26-19-16-24(22-10-5-2-6-11-22)13-7-12-23-14-17-25-18-15-23/h1-6,8-11H,7,12-20H2. The number of hydrogen-bond acceptors (Lipinski definition) is 4. The van der Waals surface area contributed by atoms with Gasteiger partial charge in [-0.1, -0.05) is 48.5 Å². The van der Waals surface area contributed by atoms with Crippen LogP contribution in [0.4, 0.5) is 5.69 Å². The Morgan fingerprint density at radius 2 is 1.58 bits per heavy atom. The van der Waals surface area contributed by atoms with E-state index < -0.39 is 0 Å². The largest absolute Gasteiger partial charge is 0.379 e. The van der Waals surface area contributed by atoms with Crippen molar-refractivity contribution in [3.05, 3.63) is 66.2 Å². The number of ether oxygens (including phenoxy) is 1. The van der Waals surface area contributed by atoms with Gasteiger partial charge in [0.25, 0.3) is 0 Å². The number of benzene rings is 2. The highest BCUT2D eigenvalue weighted by molar-refractivity contribution is 7.98. The Morgan fingerprint density at radius 3 is 2.31 bits per heavy atom. The van der Waals surface area contributed by atoms with E-state index in [9.17, 15) is 0 Å². The van der Waals surface area contributed by atoms with E-state index in [1.54, 1.807) is 0 Å². The Kier molecular flexibility index (Phi) is 8.36. The Hall–Kier alpha value is -1.49. The van der Waals surface area contributed by atoms with Crippen LogP contribution < -0.4 is 4.90 Å². The molecule has 1 aliphatic heterocycles. The van der Waals surface area contributed by atoms with Gasteiger partial charge in [-0.2, -0.15) is 11.8 Å². The summed E-state index contributed by atoms with van der Waals surface area (Å²) in [4.78, 5) is 5.06. The molecule has 0 bridgehead atoms. The van der Waals surface area contributed by atoms with Crippen molar-refractivity contribution in [2.45, 2.75) is 12.2 Å². The summed E-state index contributed by atoms with van der Waals surface area (Å²) in [6.45, 7) is 7.33. The van der Waals surface area contributed by atoms with E-state index in [4.69, 9.17) is 4.74 Å². The van der Waals surface area contributed by atoms with Gasteiger partial charge in [-0.25, -0.2) is 0 Å². The first-order chi connectivity index (χ1) is 12.9. The highest BCUT2D eigenvalue weighted by Gasteiger charge is 2.11. The van der Waals surface area contributed by atoms with Gasteiger partial charge in [0.2, 0.25) is 0 Å². The molecule has 0 atom stereocenters. The zero-order chi connectivity index (χ0) is 17.9. The van der Waals surface area contributed by atoms with E-state index in [1.165, 1.54) is 24.2 Å².